The van der Waals surface area contributed by atoms with Gasteiger partial charge in [0.2, 0.25) is 11.8 Å². The summed E-state index contributed by atoms with van der Waals surface area (Å²) in [5.41, 5.74) is -0.576. The Balaban J connectivity index is 1.41. The smallest absolute Gasteiger partial charge is 0.256 e. The van der Waals surface area contributed by atoms with Crippen LogP contribution in [0.5, 0.6) is 0 Å². The molecule has 1 unspecified atom stereocenters. The Morgan fingerprint density at radius 1 is 0.903 bits per heavy atom. The number of halogens is 1. The van der Waals surface area contributed by atoms with E-state index in [1.807, 2.05) is 9.80 Å². The molecule has 4 fully saturated rings. The third kappa shape index (κ3) is 3.71. The lowest BCUT2D eigenvalue weighted by molar-refractivity contribution is -0.146. The first-order valence-corrected chi connectivity index (χ1v) is 11.3. The maximum Gasteiger partial charge on any atom is 0.256 e. The Morgan fingerprint density at radius 3 is 2.13 bits per heavy atom. The molecule has 8 heteroatoms. The van der Waals surface area contributed by atoms with Gasteiger partial charge in [-0.1, -0.05) is 0 Å². The molecule has 5 rings (SSSR count). The summed E-state index contributed by atoms with van der Waals surface area (Å²) in [7, 11) is 0. The van der Waals surface area contributed by atoms with Gasteiger partial charge in [-0.25, -0.2) is 4.39 Å². The summed E-state index contributed by atoms with van der Waals surface area (Å²) >= 11 is 0. The zero-order valence-electron chi connectivity index (χ0n) is 17.6. The molecule has 0 radical (unpaired) electrons. The lowest BCUT2D eigenvalue weighted by Gasteiger charge is -2.45. The van der Waals surface area contributed by atoms with Crippen LogP contribution in [0.1, 0.15) is 48.9 Å². The van der Waals surface area contributed by atoms with Gasteiger partial charge in [0.1, 0.15) is 17.6 Å². The number of rotatable bonds is 3. The highest BCUT2D eigenvalue weighted by Gasteiger charge is 2.55. The average molecular weight is 429 g/mol. The van der Waals surface area contributed by atoms with Gasteiger partial charge in [0.05, 0.1) is 6.61 Å². The molecule has 1 saturated carbocycles. The molecule has 166 valence electrons. The van der Waals surface area contributed by atoms with E-state index in [4.69, 9.17) is 4.74 Å². The van der Waals surface area contributed by atoms with Crippen LogP contribution < -0.4 is 0 Å². The number of likely N-dealkylation sites (tertiary alicyclic amines) is 2. The van der Waals surface area contributed by atoms with Gasteiger partial charge in [0.15, 0.2) is 0 Å². The summed E-state index contributed by atoms with van der Waals surface area (Å²) in [6.07, 6.45) is 4.80. The van der Waals surface area contributed by atoms with E-state index >= 15 is 0 Å². The number of ether oxygens (including phenoxy) is 1. The fourth-order valence-electron chi connectivity index (χ4n) is 5.10. The molecule has 31 heavy (non-hydrogen) atoms. The summed E-state index contributed by atoms with van der Waals surface area (Å²) in [5.74, 6) is -0.479. The molecule has 1 atom stereocenters. The second-order valence-electron chi connectivity index (χ2n) is 9.09. The molecular formula is C23H28FN3O4. The van der Waals surface area contributed by atoms with Crippen molar-refractivity contribution < 1.29 is 23.5 Å². The molecule has 1 spiro atoms. The van der Waals surface area contributed by atoms with E-state index in [1.165, 1.54) is 24.3 Å². The summed E-state index contributed by atoms with van der Waals surface area (Å²) in [5, 5.41) is 0. The molecule has 3 aliphatic heterocycles. The molecule has 1 aromatic carbocycles. The molecule has 0 bridgehead atoms. The Hall–Kier alpha value is -2.48. The zero-order chi connectivity index (χ0) is 21.6. The first-order chi connectivity index (χ1) is 15.0. The molecule has 0 aromatic heterocycles. The predicted molar refractivity (Wildman–Crippen MR) is 109 cm³/mol. The van der Waals surface area contributed by atoms with E-state index in [9.17, 15) is 18.8 Å². The molecule has 1 aliphatic carbocycles. The standard InChI is InChI=1S/C23H28FN3O4/c24-18-7-5-17(6-8-18)21(29)27-19(22(30)25-11-1-2-12-25)15-31-23(27)9-13-26(14-10-23)20(28)16-3-4-16/h5-8,16,19H,1-4,9-15H2. The van der Waals surface area contributed by atoms with Crippen LogP contribution in [0.2, 0.25) is 0 Å². The fourth-order valence-corrected chi connectivity index (χ4v) is 5.10. The van der Waals surface area contributed by atoms with Crippen molar-refractivity contribution in [2.45, 2.75) is 50.3 Å². The van der Waals surface area contributed by atoms with Crippen molar-refractivity contribution in [1.29, 1.82) is 0 Å². The normalized spacial score (nSPS) is 25.3. The van der Waals surface area contributed by atoms with Crippen molar-refractivity contribution in [3.05, 3.63) is 35.6 Å². The molecule has 0 N–H and O–H groups in total. The number of piperidine rings is 1. The van der Waals surface area contributed by atoms with Gasteiger partial charge in [0, 0.05) is 50.5 Å². The van der Waals surface area contributed by atoms with E-state index in [-0.39, 0.29) is 30.2 Å². The summed E-state index contributed by atoms with van der Waals surface area (Å²) in [6.45, 7) is 2.56. The minimum absolute atomic E-state index is 0.0821. The summed E-state index contributed by atoms with van der Waals surface area (Å²) in [4.78, 5) is 44.6. The van der Waals surface area contributed by atoms with Gasteiger partial charge < -0.3 is 14.5 Å². The Bertz CT molecular complexity index is 871. The Labute approximate surface area is 181 Å². The fraction of sp³-hybridized carbons (Fsp3) is 0.609. The van der Waals surface area contributed by atoms with Gasteiger partial charge in [-0.2, -0.15) is 0 Å². The van der Waals surface area contributed by atoms with Crippen LogP contribution in [0.4, 0.5) is 4.39 Å². The number of carbonyl (C=O) groups is 3. The molecule has 4 aliphatic rings. The minimum atomic E-state index is -0.911. The van der Waals surface area contributed by atoms with Crippen molar-refractivity contribution in [3.8, 4) is 0 Å². The second kappa shape index (κ2) is 7.89. The van der Waals surface area contributed by atoms with Crippen molar-refractivity contribution in [2.75, 3.05) is 32.8 Å². The first-order valence-electron chi connectivity index (χ1n) is 11.3. The Kier molecular flexibility index (Phi) is 5.20. The van der Waals surface area contributed by atoms with Crippen LogP contribution >= 0.6 is 0 Å². The number of benzene rings is 1. The first kappa shape index (κ1) is 20.4. The highest BCUT2D eigenvalue weighted by molar-refractivity contribution is 5.98. The second-order valence-corrected chi connectivity index (χ2v) is 9.09. The topological polar surface area (TPSA) is 70.2 Å². The van der Waals surface area contributed by atoms with Crippen LogP contribution in [-0.4, -0.2) is 77.0 Å². The molecule has 1 aromatic rings. The minimum Gasteiger partial charge on any atom is -0.353 e. The quantitative estimate of drug-likeness (QED) is 0.737. The third-order valence-electron chi connectivity index (χ3n) is 7.06. The van der Waals surface area contributed by atoms with Crippen LogP contribution in [-0.2, 0) is 14.3 Å². The highest BCUT2D eigenvalue weighted by Crippen LogP contribution is 2.40. The van der Waals surface area contributed by atoms with Gasteiger partial charge >= 0.3 is 0 Å². The largest absolute Gasteiger partial charge is 0.353 e. The number of amides is 3. The van der Waals surface area contributed by atoms with Crippen LogP contribution in [0, 0.1) is 11.7 Å². The van der Waals surface area contributed by atoms with Gasteiger partial charge in [-0.05, 0) is 49.9 Å². The predicted octanol–water partition coefficient (Wildman–Crippen LogP) is 2.02. The number of hydrogen-bond donors (Lipinski definition) is 0. The number of nitrogens with zero attached hydrogens (tertiary/aromatic N) is 3. The maximum atomic E-state index is 13.6. The van der Waals surface area contributed by atoms with Crippen molar-refractivity contribution in [2.24, 2.45) is 5.92 Å². The Morgan fingerprint density at radius 2 is 1.52 bits per heavy atom. The lowest BCUT2D eigenvalue weighted by atomic mass is 9.96. The molecule has 7 nitrogen and oxygen atoms in total. The van der Waals surface area contributed by atoms with E-state index in [0.29, 0.717) is 44.6 Å². The molecule has 3 saturated heterocycles. The number of carbonyl (C=O) groups excluding carboxylic acids is 3. The van der Waals surface area contributed by atoms with Crippen molar-refractivity contribution in [1.82, 2.24) is 14.7 Å². The molecular weight excluding hydrogens is 401 g/mol. The van der Waals surface area contributed by atoms with E-state index in [0.717, 1.165) is 25.7 Å². The summed E-state index contributed by atoms with van der Waals surface area (Å²) < 4.78 is 19.6. The number of hydrogen-bond acceptors (Lipinski definition) is 4. The molecule has 3 heterocycles. The lowest BCUT2D eigenvalue weighted by Crippen LogP contribution is -2.60. The highest BCUT2D eigenvalue weighted by atomic mass is 19.1. The van der Waals surface area contributed by atoms with Crippen molar-refractivity contribution >= 4 is 17.7 Å². The zero-order valence-corrected chi connectivity index (χ0v) is 17.6. The summed E-state index contributed by atoms with van der Waals surface area (Å²) in [6, 6.07) is 4.72. The maximum absolute atomic E-state index is 13.6. The van der Waals surface area contributed by atoms with E-state index in [2.05, 4.69) is 0 Å². The average Bonchev–Trinajstić information content (AvgIpc) is 3.36. The van der Waals surface area contributed by atoms with Gasteiger partial charge in [0.25, 0.3) is 5.91 Å². The van der Waals surface area contributed by atoms with E-state index < -0.39 is 17.6 Å². The van der Waals surface area contributed by atoms with Gasteiger partial charge in [-0.15, -0.1) is 0 Å². The van der Waals surface area contributed by atoms with E-state index in [1.54, 1.807) is 4.90 Å². The molecule has 3 amide bonds. The third-order valence-corrected chi connectivity index (χ3v) is 7.06. The monoisotopic (exact) mass is 429 g/mol. The van der Waals surface area contributed by atoms with Crippen LogP contribution in [0.15, 0.2) is 24.3 Å². The van der Waals surface area contributed by atoms with Crippen LogP contribution in [0.3, 0.4) is 0 Å². The van der Waals surface area contributed by atoms with Crippen molar-refractivity contribution in [3.63, 3.8) is 0 Å². The SMILES string of the molecule is O=C(C1CC1)N1CCC2(CC1)OCC(C(=O)N1CCCC1)N2C(=O)c1ccc(F)cc1. The van der Waals surface area contributed by atoms with Gasteiger partial charge in [-0.3, -0.25) is 19.3 Å². The van der Waals surface area contributed by atoms with Crippen LogP contribution in [0.25, 0.3) is 0 Å².